The van der Waals surface area contributed by atoms with Crippen molar-refractivity contribution in [3.05, 3.63) is 46.1 Å². The van der Waals surface area contributed by atoms with E-state index in [0.717, 1.165) is 5.56 Å². The molecule has 1 aliphatic rings. The number of carbonyl (C=O) groups excluding carboxylic acids is 1. The van der Waals surface area contributed by atoms with Gasteiger partial charge in [-0.05, 0) is 17.7 Å². The van der Waals surface area contributed by atoms with Crippen molar-refractivity contribution in [2.24, 2.45) is 7.05 Å². The van der Waals surface area contributed by atoms with Crippen LogP contribution in [0, 0.1) is 0 Å². The first-order valence-electron chi connectivity index (χ1n) is 7.15. The number of hydrogen-bond acceptors (Lipinski definition) is 3. The lowest BCUT2D eigenvalue weighted by Crippen LogP contribution is -2.44. The van der Waals surface area contributed by atoms with Crippen LogP contribution in [0.15, 0.2) is 30.5 Å². The van der Waals surface area contributed by atoms with Gasteiger partial charge in [0.05, 0.1) is 23.2 Å². The maximum Gasteiger partial charge on any atom is 0.323 e. The van der Waals surface area contributed by atoms with Crippen LogP contribution in [-0.4, -0.2) is 40.4 Å². The Morgan fingerprint density at radius 2 is 2.17 bits per heavy atom. The molecule has 8 heteroatoms. The molecule has 1 fully saturated rings. The van der Waals surface area contributed by atoms with Gasteiger partial charge in [0.1, 0.15) is 6.10 Å². The highest BCUT2D eigenvalue weighted by atomic mass is 35.5. The first kappa shape index (κ1) is 16.1. The maximum atomic E-state index is 12.3. The van der Waals surface area contributed by atoms with Crippen LogP contribution in [0.25, 0.3) is 0 Å². The van der Waals surface area contributed by atoms with E-state index < -0.39 is 0 Å². The summed E-state index contributed by atoms with van der Waals surface area (Å²) in [6.45, 7) is 1.42. The first-order valence-corrected chi connectivity index (χ1v) is 7.90. The van der Waals surface area contributed by atoms with E-state index in [1.807, 2.05) is 6.07 Å². The summed E-state index contributed by atoms with van der Waals surface area (Å²) in [5, 5.41) is 7.89. The van der Waals surface area contributed by atoms with E-state index in [1.165, 1.54) is 0 Å². The van der Waals surface area contributed by atoms with Gasteiger partial charge in [0, 0.05) is 25.9 Å². The summed E-state index contributed by atoms with van der Waals surface area (Å²) in [5.74, 6) is 0.523. The third kappa shape index (κ3) is 3.77. The summed E-state index contributed by atoms with van der Waals surface area (Å²) >= 11 is 12.0. The number of amides is 2. The van der Waals surface area contributed by atoms with Gasteiger partial charge in [-0.2, -0.15) is 5.10 Å². The van der Waals surface area contributed by atoms with Crippen molar-refractivity contribution >= 4 is 35.1 Å². The summed E-state index contributed by atoms with van der Waals surface area (Å²) in [7, 11) is 1.80. The van der Waals surface area contributed by atoms with E-state index in [9.17, 15) is 4.79 Å². The summed E-state index contributed by atoms with van der Waals surface area (Å²) in [6.07, 6.45) is 1.54. The number of nitrogens with one attached hydrogen (secondary N) is 1. The third-order valence-corrected chi connectivity index (χ3v) is 4.36. The van der Waals surface area contributed by atoms with Gasteiger partial charge in [-0.3, -0.25) is 10.00 Å². The second kappa shape index (κ2) is 6.78. The average Bonchev–Trinajstić information content (AvgIpc) is 2.95. The number of rotatable bonds is 2. The highest BCUT2D eigenvalue weighted by molar-refractivity contribution is 6.42. The Morgan fingerprint density at radius 3 is 2.87 bits per heavy atom. The van der Waals surface area contributed by atoms with Crippen LogP contribution in [-0.2, 0) is 11.8 Å². The summed E-state index contributed by atoms with van der Waals surface area (Å²) < 4.78 is 7.38. The second-order valence-corrected chi connectivity index (χ2v) is 6.10. The van der Waals surface area contributed by atoms with E-state index in [0.29, 0.717) is 35.6 Å². The molecule has 1 unspecified atom stereocenters. The minimum Gasteiger partial charge on any atom is -0.370 e. The van der Waals surface area contributed by atoms with Crippen molar-refractivity contribution in [3.8, 4) is 0 Å². The zero-order chi connectivity index (χ0) is 16.4. The molecule has 0 spiro atoms. The lowest BCUT2D eigenvalue weighted by molar-refractivity contribution is -0.0135. The van der Waals surface area contributed by atoms with Gasteiger partial charge in [-0.25, -0.2) is 4.79 Å². The Balaban J connectivity index is 1.67. The Hall–Kier alpha value is -1.76. The number of nitrogens with zero attached hydrogens (tertiary/aromatic N) is 3. The molecule has 2 amide bonds. The van der Waals surface area contributed by atoms with Crippen molar-refractivity contribution in [2.75, 3.05) is 25.0 Å². The fourth-order valence-corrected chi connectivity index (χ4v) is 2.72. The molecule has 0 radical (unpaired) electrons. The lowest BCUT2D eigenvalue weighted by atomic mass is 10.1. The fourth-order valence-electron chi connectivity index (χ4n) is 2.42. The fraction of sp³-hybridized carbons (Fsp3) is 0.333. The standard InChI is InChI=1S/C15H16Cl2N4O2/c1-20-5-4-14(19-20)18-15(22)21-6-7-23-13(9-21)10-2-3-11(16)12(17)8-10/h2-5,8,13H,6-7,9H2,1H3,(H,18,19,22). The van der Waals surface area contributed by atoms with Crippen molar-refractivity contribution in [1.29, 1.82) is 0 Å². The Morgan fingerprint density at radius 1 is 1.35 bits per heavy atom. The van der Waals surface area contributed by atoms with Gasteiger partial charge in [0.25, 0.3) is 0 Å². The van der Waals surface area contributed by atoms with Crippen molar-refractivity contribution in [1.82, 2.24) is 14.7 Å². The Bertz CT molecular complexity index is 719. The van der Waals surface area contributed by atoms with Crippen LogP contribution in [0.3, 0.4) is 0 Å². The molecule has 6 nitrogen and oxygen atoms in total. The predicted octanol–water partition coefficient (Wildman–Crippen LogP) is 3.33. The van der Waals surface area contributed by atoms with Gasteiger partial charge in [0.2, 0.25) is 0 Å². The SMILES string of the molecule is Cn1ccc(NC(=O)N2CCOC(c3ccc(Cl)c(Cl)c3)C2)n1. The number of urea groups is 1. The zero-order valence-corrected chi connectivity index (χ0v) is 14.0. The van der Waals surface area contributed by atoms with E-state index in [-0.39, 0.29) is 12.1 Å². The number of ether oxygens (including phenoxy) is 1. The highest BCUT2D eigenvalue weighted by Gasteiger charge is 2.26. The smallest absolute Gasteiger partial charge is 0.323 e. The monoisotopic (exact) mass is 354 g/mol. The molecule has 1 aromatic carbocycles. The van der Waals surface area contributed by atoms with Crippen LogP contribution >= 0.6 is 23.2 Å². The molecule has 1 saturated heterocycles. The number of benzene rings is 1. The normalized spacial score (nSPS) is 18.0. The number of halogens is 2. The first-order chi connectivity index (χ1) is 11.0. The largest absolute Gasteiger partial charge is 0.370 e. The molecular formula is C15H16Cl2N4O2. The van der Waals surface area contributed by atoms with Gasteiger partial charge >= 0.3 is 6.03 Å². The van der Waals surface area contributed by atoms with Crippen LogP contribution in [0.2, 0.25) is 10.0 Å². The molecule has 1 aliphatic heterocycles. The van der Waals surface area contributed by atoms with Crippen molar-refractivity contribution in [3.63, 3.8) is 0 Å². The molecule has 0 saturated carbocycles. The zero-order valence-electron chi connectivity index (χ0n) is 12.5. The van der Waals surface area contributed by atoms with Crippen molar-refractivity contribution in [2.45, 2.75) is 6.10 Å². The molecule has 1 atom stereocenters. The van der Waals surface area contributed by atoms with Gasteiger partial charge < -0.3 is 9.64 Å². The summed E-state index contributed by atoms with van der Waals surface area (Å²) in [4.78, 5) is 14.0. The van der Waals surface area contributed by atoms with E-state index in [4.69, 9.17) is 27.9 Å². The Kier molecular flexibility index (Phi) is 4.75. The van der Waals surface area contributed by atoms with Crippen LogP contribution < -0.4 is 5.32 Å². The number of anilines is 1. The molecular weight excluding hydrogens is 339 g/mol. The van der Waals surface area contributed by atoms with Crippen LogP contribution in [0.5, 0.6) is 0 Å². The van der Waals surface area contributed by atoms with Crippen LogP contribution in [0.1, 0.15) is 11.7 Å². The molecule has 0 bridgehead atoms. The predicted molar refractivity (Wildman–Crippen MR) is 89.0 cm³/mol. The topological polar surface area (TPSA) is 59.4 Å². The third-order valence-electron chi connectivity index (χ3n) is 3.62. The van der Waals surface area contributed by atoms with Crippen molar-refractivity contribution < 1.29 is 9.53 Å². The van der Waals surface area contributed by atoms with E-state index in [2.05, 4.69) is 10.4 Å². The minimum absolute atomic E-state index is 0.197. The molecule has 1 aromatic heterocycles. The quantitative estimate of drug-likeness (QED) is 0.899. The number of hydrogen-bond donors (Lipinski definition) is 1. The number of aryl methyl sites for hydroxylation is 1. The molecule has 2 aromatic rings. The summed E-state index contributed by atoms with van der Waals surface area (Å²) in [6, 6.07) is 6.91. The molecule has 122 valence electrons. The minimum atomic E-state index is -0.229. The average molecular weight is 355 g/mol. The Labute approximate surface area is 143 Å². The number of morpholine rings is 1. The van der Waals surface area contributed by atoms with Gasteiger partial charge in [-0.1, -0.05) is 29.3 Å². The molecule has 0 aliphatic carbocycles. The molecule has 2 heterocycles. The van der Waals surface area contributed by atoms with E-state index in [1.54, 1.807) is 41.0 Å². The number of carbonyl (C=O) groups is 1. The second-order valence-electron chi connectivity index (χ2n) is 5.28. The molecule has 23 heavy (non-hydrogen) atoms. The maximum absolute atomic E-state index is 12.3. The van der Waals surface area contributed by atoms with Crippen LogP contribution in [0.4, 0.5) is 10.6 Å². The van der Waals surface area contributed by atoms with E-state index >= 15 is 0 Å². The summed E-state index contributed by atoms with van der Waals surface area (Å²) in [5.41, 5.74) is 0.898. The molecule has 1 N–H and O–H groups in total. The lowest BCUT2D eigenvalue weighted by Gasteiger charge is -2.33. The van der Waals surface area contributed by atoms with Gasteiger partial charge in [0.15, 0.2) is 5.82 Å². The highest BCUT2D eigenvalue weighted by Crippen LogP contribution is 2.29. The molecule has 3 rings (SSSR count). The van der Waals surface area contributed by atoms with Gasteiger partial charge in [-0.15, -0.1) is 0 Å². The number of aromatic nitrogens is 2.